The van der Waals surface area contributed by atoms with Crippen molar-refractivity contribution in [2.75, 3.05) is 11.6 Å². The maximum Gasteiger partial charge on any atom is 0.225 e. The Morgan fingerprint density at radius 2 is 1.82 bits per heavy atom. The molecule has 1 fully saturated rings. The number of rotatable bonds is 5. The van der Waals surface area contributed by atoms with Crippen molar-refractivity contribution in [3.8, 4) is 5.82 Å². The average Bonchev–Trinajstić information content (AvgIpc) is 3.08. The molecule has 0 spiro atoms. The van der Waals surface area contributed by atoms with Crippen LogP contribution in [0.4, 0.5) is 10.3 Å². The van der Waals surface area contributed by atoms with Gasteiger partial charge >= 0.3 is 0 Å². The lowest BCUT2D eigenvalue weighted by atomic mass is 9.92. The number of fused-ring (bicyclic) bond motifs is 1. The molecule has 1 aliphatic carbocycles. The predicted molar refractivity (Wildman–Crippen MR) is 106 cm³/mol. The van der Waals surface area contributed by atoms with E-state index in [1.54, 1.807) is 10.8 Å². The molecular weight excluding hydrogens is 381 g/mol. The van der Waals surface area contributed by atoms with Gasteiger partial charge in [-0.25, -0.2) is 22.5 Å². The highest BCUT2D eigenvalue weighted by Gasteiger charge is 2.24. The van der Waals surface area contributed by atoms with E-state index < -0.39 is 15.8 Å². The van der Waals surface area contributed by atoms with E-state index in [1.165, 1.54) is 12.5 Å². The van der Waals surface area contributed by atoms with Gasteiger partial charge in [0.05, 0.1) is 18.0 Å². The predicted octanol–water partition coefficient (Wildman–Crippen LogP) is 2.83. The van der Waals surface area contributed by atoms with Crippen LogP contribution in [-0.4, -0.2) is 41.3 Å². The van der Waals surface area contributed by atoms with E-state index in [0.29, 0.717) is 5.95 Å². The second-order valence-corrected chi connectivity index (χ2v) is 8.97. The van der Waals surface area contributed by atoms with Gasteiger partial charge in [0.1, 0.15) is 0 Å². The molecule has 0 atom stereocenters. The van der Waals surface area contributed by atoms with E-state index in [0.717, 1.165) is 36.6 Å². The molecule has 1 saturated carbocycles. The Labute approximate surface area is 163 Å². The van der Waals surface area contributed by atoms with Crippen molar-refractivity contribution in [1.82, 2.24) is 19.3 Å². The van der Waals surface area contributed by atoms with Gasteiger partial charge in [-0.3, -0.25) is 4.57 Å². The molecule has 0 radical (unpaired) electrons. The van der Waals surface area contributed by atoms with Crippen LogP contribution in [-0.2, 0) is 10.0 Å². The van der Waals surface area contributed by atoms with Gasteiger partial charge < -0.3 is 5.32 Å². The van der Waals surface area contributed by atoms with Crippen LogP contribution in [0.15, 0.2) is 42.7 Å². The fraction of sp³-hybridized carbons (Fsp3) is 0.368. The number of anilines is 1. The highest BCUT2D eigenvalue weighted by Crippen LogP contribution is 2.24. The minimum Gasteiger partial charge on any atom is -0.351 e. The molecule has 0 aliphatic heterocycles. The molecule has 4 rings (SSSR count). The van der Waals surface area contributed by atoms with E-state index in [-0.39, 0.29) is 17.9 Å². The quantitative estimate of drug-likeness (QED) is 0.684. The normalized spacial score (nSPS) is 20.4. The number of hydrogen-bond acceptors (Lipinski definition) is 5. The molecule has 1 aromatic carbocycles. The van der Waals surface area contributed by atoms with Crippen molar-refractivity contribution in [1.29, 1.82) is 0 Å². The number of benzene rings is 1. The van der Waals surface area contributed by atoms with Crippen LogP contribution in [0.1, 0.15) is 25.7 Å². The Kier molecular flexibility index (Phi) is 5.03. The third kappa shape index (κ3) is 4.15. The molecule has 0 unspecified atom stereocenters. The molecule has 2 N–H and O–H groups in total. The van der Waals surface area contributed by atoms with Gasteiger partial charge in [0.15, 0.2) is 11.6 Å². The summed E-state index contributed by atoms with van der Waals surface area (Å²) in [5, 5.41) is 4.27. The SMILES string of the molecule is CS(=O)(=O)NC1CCC(Nc2ncc(F)c(-n3ccc4ccccc43)n2)CC1. The molecule has 1 aliphatic rings. The van der Waals surface area contributed by atoms with E-state index >= 15 is 0 Å². The summed E-state index contributed by atoms with van der Waals surface area (Å²) >= 11 is 0. The van der Waals surface area contributed by atoms with Gasteiger partial charge in [-0.1, -0.05) is 18.2 Å². The molecule has 7 nitrogen and oxygen atoms in total. The van der Waals surface area contributed by atoms with Crippen molar-refractivity contribution in [2.24, 2.45) is 0 Å². The highest BCUT2D eigenvalue weighted by molar-refractivity contribution is 7.88. The van der Waals surface area contributed by atoms with Crippen LogP contribution >= 0.6 is 0 Å². The minimum atomic E-state index is -3.19. The van der Waals surface area contributed by atoms with E-state index in [2.05, 4.69) is 20.0 Å². The largest absolute Gasteiger partial charge is 0.351 e. The lowest BCUT2D eigenvalue weighted by Gasteiger charge is -2.29. The van der Waals surface area contributed by atoms with Gasteiger partial charge in [-0.05, 0) is 43.2 Å². The van der Waals surface area contributed by atoms with Crippen LogP contribution in [0.5, 0.6) is 0 Å². The summed E-state index contributed by atoms with van der Waals surface area (Å²) in [6, 6.07) is 9.72. The fourth-order valence-electron chi connectivity index (χ4n) is 3.71. The first kappa shape index (κ1) is 18.8. The van der Waals surface area contributed by atoms with Crippen molar-refractivity contribution >= 4 is 26.9 Å². The number of aromatic nitrogens is 3. The zero-order chi connectivity index (χ0) is 19.7. The molecule has 28 heavy (non-hydrogen) atoms. The summed E-state index contributed by atoms with van der Waals surface area (Å²) in [5.74, 6) is 0.0767. The number of para-hydroxylation sites is 1. The number of hydrogen-bond donors (Lipinski definition) is 2. The Morgan fingerprint density at radius 3 is 2.57 bits per heavy atom. The maximum absolute atomic E-state index is 14.4. The summed E-state index contributed by atoms with van der Waals surface area (Å²) in [6.07, 6.45) is 7.20. The monoisotopic (exact) mass is 403 g/mol. The van der Waals surface area contributed by atoms with Crippen LogP contribution in [0.3, 0.4) is 0 Å². The van der Waals surface area contributed by atoms with Gasteiger partial charge in [-0.2, -0.15) is 4.98 Å². The molecule has 0 bridgehead atoms. The first-order valence-electron chi connectivity index (χ1n) is 9.22. The number of halogens is 1. The minimum absolute atomic E-state index is 0.0380. The molecule has 0 saturated heterocycles. The van der Waals surface area contributed by atoms with Gasteiger partial charge in [0.2, 0.25) is 16.0 Å². The third-order valence-corrected chi connectivity index (χ3v) is 5.76. The molecule has 2 aromatic heterocycles. The molecule has 3 aromatic rings. The van der Waals surface area contributed by atoms with E-state index in [9.17, 15) is 12.8 Å². The number of nitrogens with zero attached hydrogens (tertiary/aromatic N) is 3. The Morgan fingerprint density at radius 1 is 1.11 bits per heavy atom. The smallest absolute Gasteiger partial charge is 0.225 e. The zero-order valence-corrected chi connectivity index (χ0v) is 16.3. The van der Waals surface area contributed by atoms with Crippen molar-refractivity contribution < 1.29 is 12.8 Å². The highest BCUT2D eigenvalue weighted by atomic mass is 32.2. The lowest BCUT2D eigenvalue weighted by Crippen LogP contribution is -2.39. The summed E-state index contributed by atoms with van der Waals surface area (Å²) < 4.78 is 41.5. The zero-order valence-electron chi connectivity index (χ0n) is 15.5. The summed E-state index contributed by atoms with van der Waals surface area (Å²) in [4.78, 5) is 8.47. The first-order chi connectivity index (χ1) is 13.4. The standard InChI is InChI=1S/C19H22FN5O2S/c1-28(26,27)24-15-8-6-14(7-9-15)22-19-21-12-16(20)18(23-19)25-11-10-13-4-2-3-5-17(13)25/h2-5,10-12,14-15,24H,6-9H2,1H3,(H,21,22,23). The molecule has 0 amide bonds. The first-order valence-corrected chi connectivity index (χ1v) is 11.1. The van der Waals surface area contributed by atoms with Crippen molar-refractivity contribution in [3.05, 3.63) is 48.5 Å². The number of sulfonamides is 1. The second kappa shape index (κ2) is 7.48. The molecule has 148 valence electrons. The molecule has 2 heterocycles. The van der Waals surface area contributed by atoms with E-state index in [1.807, 2.05) is 30.3 Å². The van der Waals surface area contributed by atoms with E-state index in [4.69, 9.17) is 0 Å². The summed E-state index contributed by atoms with van der Waals surface area (Å²) in [6.45, 7) is 0. The van der Waals surface area contributed by atoms with Crippen LogP contribution in [0.2, 0.25) is 0 Å². The maximum atomic E-state index is 14.4. The Hall–Kier alpha value is -2.52. The van der Waals surface area contributed by atoms with Crippen LogP contribution < -0.4 is 10.0 Å². The van der Waals surface area contributed by atoms with Crippen molar-refractivity contribution in [3.63, 3.8) is 0 Å². The van der Waals surface area contributed by atoms with Crippen LogP contribution in [0.25, 0.3) is 16.7 Å². The molecule has 9 heteroatoms. The van der Waals surface area contributed by atoms with Gasteiger partial charge in [-0.15, -0.1) is 0 Å². The summed E-state index contributed by atoms with van der Waals surface area (Å²) in [5.41, 5.74) is 0.874. The Balaban J connectivity index is 1.49. The lowest BCUT2D eigenvalue weighted by molar-refractivity contribution is 0.387. The topological polar surface area (TPSA) is 88.9 Å². The van der Waals surface area contributed by atoms with Crippen molar-refractivity contribution in [2.45, 2.75) is 37.8 Å². The second-order valence-electron chi connectivity index (χ2n) is 7.19. The van der Waals surface area contributed by atoms with Gasteiger partial charge in [0, 0.05) is 18.3 Å². The summed E-state index contributed by atoms with van der Waals surface area (Å²) in [7, 11) is -3.19. The fourth-order valence-corrected chi connectivity index (χ4v) is 4.55. The third-order valence-electron chi connectivity index (χ3n) is 4.99. The average molecular weight is 403 g/mol. The molecular formula is C19H22FN5O2S. The Bertz CT molecular complexity index is 1090. The van der Waals surface area contributed by atoms with Gasteiger partial charge in [0.25, 0.3) is 0 Å². The number of nitrogens with one attached hydrogen (secondary N) is 2. The van der Waals surface area contributed by atoms with Crippen LogP contribution in [0, 0.1) is 5.82 Å².